The Morgan fingerprint density at radius 1 is 1.40 bits per heavy atom. The second-order valence-corrected chi connectivity index (χ2v) is 5.19. The number of benzene rings is 1. The van der Waals surface area contributed by atoms with E-state index in [4.69, 9.17) is 0 Å². The first kappa shape index (κ1) is 14.0. The van der Waals surface area contributed by atoms with E-state index in [1.807, 2.05) is 24.3 Å². The molecule has 1 N–H and O–H groups in total. The number of carbonyl (C=O) groups is 2. The predicted molar refractivity (Wildman–Crippen MR) is 75.2 cm³/mol. The second-order valence-electron chi connectivity index (χ2n) is 5.19. The fourth-order valence-electron chi connectivity index (χ4n) is 2.29. The SMILES string of the molecule is C=CC(=O)N1N=Cc2ccccc2C1C(C)(C)C(=O)O. The summed E-state index contributed by atoms with van der Waals surface area (Å²) in [5, 5.41) is 14.8. The Kier molecular flexibility index (Phi) is 3.44. The predicted octanol–water partition coefficient (Wildman–Crippen LogP) is 2.20. The molecule has 1 unspecified atom stereocenters. The molecule has 1 aliphatic rings. The van der Waals surface area contributed by atoms with Gasteiger partial charge in [0.15, 0.2) is 0 Å². The zero-order chi connectivity index (χ0) is 14.9. The van der Waals surface area contributed by atoms with Gasteiger partial charge in [-0.05, 0) is 31.1 Å². The first-order valence-electron chi connectivity index (χ1n) is 6.21. The molecule has 1 aromatic rings. The molecule has 20 heavy (non-hydrogen) atoms. The van der Waals surface area contributed by atoms with E-state index in [2.05, 4.69) is 11.7 Å². The number of aliphatic carboxylic acids is 1. The summed E-state index contributed by atoms with van der Waals surface area (Å²) in [6.07, 6.45) is 2.70. The minimum Gasteiger partial charge on any atom is -0.481 e. The summed E-state index contributed by atoms with van der Waals surface area (Å²) >= 11 is 0. The number of hydrazone groups is 1. The van der Waals surface area contributed by atoms with Crippen LogP contribution in [0.1, 0.15) is 31.0 Å². The topological polar surface area (TPSA) is 70.0 Å². The van der Waals surface area contributed by atoms with Crippen LogP contribution in [-0.4, -0.2) is 28.2 Å². The highest BCUT2D eigenvalue weighted by molar-refractivity contribution is 5.92. The molecule has 0 aromatic heterocycles. The van der Waals surface area contributed by atoms with Crippen molar-refractivity contribution < 1.29 is 14.7 Å². The maximum absolute atomic E-state index is 12.0. The van der Waals surface area contributed by atoms with E-state index in [-0.39, 0.29) is 0 Å². The summed E-state index contributed by atoms with van der Waals surface area (Å²) in [5.74, 6) is -1.41. The van der Waals surface area contributed by atoms with Crippen molar-refractivity contribution in [2.45, 2.75) is 19.9 Å². The molecule has 1 atom stereocenters. The highest BCUT2D eigenvalue weighted by Crippen LogP contribution is 2.41. The van der Waals surface area contributed by atoms with Crippen molar-refractivity contribution in [2.75, 3.05) is 0 Å². The minimum atomic E-state index is -1.17. The molecule has 2 rings (SSSR count). The molecular weight excluding hydrogens is 256 g/mol. The third-order valence-corrected chi connectivity index (χ3v) is 3.49. The largest absolute Gasteiger partial charge is 0.481 e. The van der Waals surface area contributed by atoms with Gasteiger partial charge in [-0.2, -0.15) is 5.10 Å². The van der Waals surface area contributed by atoms with Crippen molar-refractivity contribution in [1.82, 2.24) is 5.01 Å². The molecule has 5 nitrogen and oxygen atoms in total. The van der Waals surface area contributed by atoms with Gasteiger partial charge in [0, 0.05) is 0 Å². The maximum Gasteiger partial charge on any atom is 0.311 e. The molecule has 0 radical (unpaired) electrons. The van der Waals surface area contributed by atoms with Crippen LogP contribution in [0, 0.1) is 5.41 Å². The van der Waals surface area contributed by atoms with Crippen LogP contribution in [0.5, 0.6) is 0 Å². The molecular formula is C15H16N2O3. The van der Waals surface area contributed by atoms with Gasteiger partial charge in [-0.3, -0.25) is 9.59 Å². The lowest BCUT2D eigenvalue weighted by molar-refractivity contribution is -0.153. The highest BCUT2D eigenvalue weighted by Gasteiger charge is 2.45. The lowest BCUT2D eigenvalue weighted by Gasteiger charge is -2.39. The van der Waals surface area contributed by atoms with Crippen LogP contribution in [0.25, 0.3) is 0 Å². The minimum absolute atomic E-state index is 0.421. The molecule has 1 heterocycles. The summed E-state index contributed by atoms with van der Waals surface area (Å²) in [4.78, 5) is 23.5. The molecule has 0 saturated carbocycles. The van der Waals surface area contributed by atoms with Crippen LogP contribution in [0.15, 0.2) is 42.0 Å². The molecule has 1 aliphatic heterocycles. The van der Waals surface area contributed by atoms with Crippen molar-refractivity contribution >= 4 is 18.1 Å². The van der Waals surface area contributed by atoms with E-state index in [1.165, 1.54) is 5.01 Å². The fraction of sp³-hybridized carbons (Fsp3) is 0.267. The standard InChI is InChI=1S/C15H16N2O3/c1-4-12(18)17-13(15(2,3)14(19)20)11-8-6-5-7-10(11)9-16-17/h4-9,13H,1H2,2-3H3,(H,19,20). The Balaban J connectivity index is 2.61. The van der Waals surface area contributed by atoms with Gasteiger partial charge in [0.05, 0.1) is 17.7 Å². The van der Waals surface area contributed by atoms with Crippen molar-refractivity contribution in [1.29, 1.82) is 0 Å². The Labute approximate surface area is 117 Å². The average Bonchev–Trinajstić information content (AvgIpc) is 2.44. The zero-order valence-corrected chi connectivity index (χ0v) is 11.4. The molecule has 1 aromatic carbocycles. The molecule has 0 spiro atoms. The van der Waals surface area contributed by atoms with Crippen molar-refractivity contribution in [3.05, 3.63) is 48.0 Å². The normalized spacial score (nSPS) is 17.5. The number of carboxylic acid groups (broad SMARTS) is 1. The third-order valence-electron chi connectivity index (χ3n) is 3.49. The summed E-state index contributed by atoms with van der Waals surface area (Å²) in [6, 6.07) is 6.66. The second kappa shape index (κ2) is 4.92. The number of hydrogen-bond donors (Lipinski definition) is 1. The van der Waals surface area contributed by atoms with Crippen LogP contribution >= 0.6 is 0 Å². The summed E-state index contributed by atoms with van der Waals surface area (Å²) in [5.41, 5.74) is 0.414. The Hall–Kier alpha value is -2.43. The fourth-order valence-corrected chi connectivity index (χ4v) is 2.29. The van der Waals surface area contributed by atoms with Crippen LogP contribution < -0.4 is 0 Å². The first-order valence-corrected chi connectivity index (χ1v) is 6.21. The Morgan fingerprint density at radius 3 is 2.65 bits per heavy atom. The first-order chi connectivity index (χ1) is 9.39. The zero-order valence-electron chi connectivity index (χ0n) is 11.4. The average molecular weight is 272 g/mol. The van der Waals surface area contributed by atoms with Gasteiger partial charge in [0.1, 0.15) is 0 Å². The van der Waals surface area contributed by atoms with E-state index >= 15 is 0 Å². The van der Waals surface area contributed by atoms with E-state index in [1.54, 1.807) is 20.1 Å². The Morgan fingerprint density at radius 2 is 2.05 bits per heavy atom. The monoisotopic (exact) mass is 272 g/mol. The number of carbonyl (C=O) groups excluding carboxylic acids is 1. The van der Waals surface area contributed by atoms with Gasteiger partial charge in [0.2, 0.25) is 0 Å². The van der Waals surface area contributed by atoms with Crippen molar-refractivity contribution in [3.63, 3.8) is 0 Å². The smallest absolute Gasteiger partial charge is 0.311 e. The number of rotatable bonds is 3. The van der Waals surface area contributed by atoms with Gasteiger partial charge in [-0.25, -0.2) is 5.01 Å². The van der Waals surface area contributed by atoms with E-state index in [9.17, 15) is 14.7 Å². The van der Waals surface area contributed by atoms with Gasteiger partial charge in [-0.15, -0.1) is 0 Å². The van der Waals surface area contributed by atoms with Gasteiger partial charge >= 0.3 is 5.97 Å². The molecule has 0 saturated heterocycles. The summed E-state index contributed by atoms with van der Waals surface area (Å²) in [6.45, 7) is 6.61. The van der Waals surface area contributed by atoms with E-state index in [0.717, 1.165) is 17.2 Å². The van der Waals surface area contributed by atoms with Crippen LogP contribution in [0.2, 0.25) is 0 Å². The summed E-state index contributed by atoms with van der Waals surface area (Å²) in [7, 11) is 0. The lowest BCUT2D eigenvalue weighted by Crippen LogP contribution is -2.44. The number of nitrogens with zero attached hydrogens (tertiary/aromatic N) is 2. The van der Waals surface area contributed by atoms with Crippen LogP contribution in [0.4, 0.5) is 0 Å². The molecule has 0 fully saturated rings. The molecule has 1 amide bonds. The third kappa shape index (κ3) is 2.11. The number of amides is 1. The molecule has 0 bridgehead atoms. The lowest BCUT2D eigenvalue weighted by atomic mass is 9.78. The summed E-state index contributed by atoms with van der Waals surface area (Å²) < 4.78 is 0. The molecule has 104 valence electrons. The van der Waals surface area contributed by atoms with E-state index < -0.39 is 23.3 Å². The van der Waals surface area contributed by atoms with E-state index in [0.29, 0.717) is 0 Å². The van der Waals surface area contributed by atoms with Crippen molar-refractivity contribution in [3.8, 4) is 0 Å². The highest BCUT2D eigenvalue weighted by atomic mass is 16.4. The number of hydrogen-bond acceptors (Lipinski definition) is 3. The Bertz CT molecular complexity index is 605. The number of fused-ring (bicyclic) bond motifs is 1. The van der Waals surface area contributed by atoms with Crippen LogP contribution in [0.3, 0.4) is 0 Å². The van der Waals surface area contributed by atoms with Crippen molar-refractivity contribution in [2.24, 2.45) is 10.5 Å². The van der Waals surface area contributed by atoms with Gasteiger partial charge in [-0.1, -0.05) is 30.8 Å². The van der Waals surface area contributed by atoms with Crippen LogP contribution in [-0.2, 0) is 9.59 Å². The maximum atomic E-state index is 12.0. The molecule has 0 aliphatic carbocycles. The molecule has 5 heteroatoms. The quantitative estimate of drug-likeness (QED) is 0.857. The van der Waals surface area contributed by atoms with Gasteiger partial charge < -0.3 is 5.11 Å². The van der Waals surface area contributed by atoms with Gasteiger partial charge in [0.25, 0.3) is 5.91 Å². The number of carboxylic acids is 1.